The lowest BCUT2D eigenvalue weighted by Gasteiger charge is -2.31. The van der Waals surface area contributed by atoms with E-state index in [9.17, 15) is 0 Å². The van der Waals surface area contributed by atoms with Crippen LogP contribution in [0.15, 0.2) is 74.0 Å². The van der Waals surface area contributed by atoms with Gasteiger partial charge in [-0.2, -0.15) is 0 Å². The molecule has 1 aromatic heterocycles. The highest BCUT2D eigenvalue weighted by atomic mass is 15.3. The summed E-state index contributed by atoms with van der Waals surface area (Å²) in [6.45, 7) is 15.7. The Balaban J connectivity index is 1.66. The first kappa shape index (κ1) is 25.5. The normalized spacial score (nSPS) is 13.1. The number of aromatic nitrogens is 2. The zero-order valence-electron chi connectivity index (χ0n) is 22.2. The SMILES string of the molecule is C=C(NCCN(C)C)c1cccc(C2=CC(=C)n3cc(-c4ccc(C)cc4)nc3N2CCCCC)c1. The molecule has 0 saturated heterocycles. The number of nitrogens with one attached hydrogen (secondary N) is 1. The second-order valence-corrected chi connectivity index (χ2v) is 9.83. The second kappa shape index (κ2) is 11.4. The molecule has 5 heteroatoms. The molecule has 0 radical (unpaired) electrons. The highest BCUT2D eigenvalue weighted by Crippen LogP contribution is 2.37. The van der Waals surface area contributed by atoms with Crippen molar-refractivity contribution in [3.05, 3.63) is 90.7 Å². The predicted molar refractivity (Wildman–Crippen MR) is 155 cm³/mol. The van der Waals surface area contributed by atoms with Crippen LogP contribution in [-0.4, -0.2) is 48.2 Å². The summed E-state index contributed by atoms with van der Waals surface area (Å²) in [5.41, 5.74) is 8.57. The van der Waals surface area contributed by atoms with Crippen molar-refractivity contribution >= 4 is 23.0 Å². The molecule has 0 unspecified atom stereocenters. The topological polar surface area (TPSA) is 36.3 Å². The Morgan fingerprint density at radius 1 is 1.06 bits per heavy atom. The van der Waals surface area contributed by atoms with Gasteiger partial charge in [0.2, 0.25) is 5.95 Å². The molecule has 2 aromatic carbocycles. The summed E-state index contributed by atoms with van der Waals surface area (Å²) >= 11 is 0. The fourth-order valence-corrected chi connectivity index (χ4v) is 4.43. The van der Waals surface area contributed by atoms with Crippen molar-refractivity contribution in [1.82, 2.24) is 19.8 Å². The Kier molecular flexibility index (Phi) is 8.11. The van der Waals surface area contributed by atoms with Crippen LogP contribution in [0.2, 0.25) is 0 Å². The van der Waals surface area contributed by atoms with E-state index in [1.807, 2.05) is 0 Å². The lowest BCUT2D eigenvalue weighted by Crippen LogP contribution is -2.29. The molecular formula is C31H39N5. The van der Waals surface area contributed by atoms with Gasteiger partial charge in [0.1, 0.15) is 0 Å². The van der Waals surface area contributed by atoms with E-state index >= 15 is 0 Å². The van der Waals surface area contributed by atoms with Crippen LogP contribution in [0.25, 0.3) is 28.3 Å². The lowest BCUT2D eigenvalue weighted by molar-refractivity contribution is 0.411. The minimum Gasteiger partial charge on any atom is -0.384 e. The van der Waals surface area contributed by atoms with Gasteiger partial charge in [0, 0.05) is 42.8 Å². The van der Waals surface area contributed by atoms with E-state index in [0.29, 0.717) is 0 Å². The quantitative estimate of drug-likeness (QED) is 0.317. The van der Waals surface area contributed by atoms with Crippen molar-refractivity contribution in [3.63, 3.8) is 0 Å². The van der Waals surface area contributed by atoms with E-state index < -0.39 is 0 Å². The Morgan fingerprint density at radius 3 is 2.56 bits per heavy atom. The number of likely N-dealkylation sites (N-methyl/N-ethyl adjacent to an activating group) is 1. The molecule has 1 aliphatic rings. The van der Waals surface area contributed by atoms with Gasteiger partial charge in [-0.05, 0) is 50.7 Å². The number of fused-ring (bicyclic) bond motifs is 1. The molecule has 0 spiro atoms. The van der Waals surface area contributed by atoms with E-state index in [1.165, 1.54) is 18.4 Å². The van der Waals surface area contributed by atoms with E-state index in [4.69, 9.17) is 4.98 Å². The maximum Gasteiger partial charge on any atom is 0.215 e. The monoisotopic (exact) mass is 481 g/mol. The summed E-state index contributed by atoms with van der Waals surface area (Å²) in [5, 5.41) is 3.46. The van der Waals surface area contributed by atoms with E-state index in [1.54, 1.807) is 0 Å². The van der Waals surface area contributed by atoms with Crippen molar-refractivity contribution in [1.29, 1.82) is 0 Å². The van der Waals surface area contributed by atoms with Gasteiger partial charge in [0.05, 0.1) is 11.4 Å². The van der Waals surface area contributed by atoms with Gasteiger partial charge in [0.25, 0.3) is 0 Å². The molecule has 0 saturated carbocycles. The first-order valence-electron chi connectivity index (χ1n) is 12.9. The number of hydrogen-bond donors (Lipinski definition) is 1. The maximum atomic E-state index is 5.10. The molecule has 0 fully saturated rings. The number of anilines is 1. The third-order valence-electron chi connectivity index (χ3n) is 6.57. The molecular weight excluding hydrogens is 442 g/mol. The summed E-state index contributed by atoms with van der Waals surface area (Å²) in [6, 6.07) is 17.2. The standard InChI is InChI=1S/C31H39N5/c1-7-8-9-18-35-30(28-12-10-11-27(21-28)25(4)32-17-19-34(5)6)20-24(3)36-22-29(33-31(35)36)26-15-13-23(2)14-16-26/h10-16,20-22,32H,3-4,7-9,17-19H2,1-2,5-6H3. The summed E-state index contributed by atoms with van der Waals surface area (Å²) in [6.07, 6.45) is 7.75. The van der Waals surface area contributed by atoms with Crippen molar-refractivity contribution in [2.24, 2.45) is 0 Å². The van der Waals surface area contributed by atoms with Crippen LogP contribution in [0.3, 0.4) is 0 Å². The fourth-order valence-electron chi connectivity index (χ4n) is 4.43. The summed E-state index contributed by atoms with van der Waals surface area (Å²) < 4.78 is 2.12. The molecule has 5 nitrogen and oxygen atoms in total. The highest BCUT2D eigenvalue weighted by molar-refractivity contribution is 5.89. The largest absolute Gasteiger partial charge is 0.384 e. The van der Waals surface area contributed by atoms with Crippen LogP contribution in [0.1, 0.15) is 42.9 Å². The van der Waals surface area contributed by atoms with Crippen LogP contribution in [-0.2, 0) is 0 Å². The van der Waals surface area contributed by atoms with E-state index in [0.717, 1.165) is 71.5 Å². The summed E-state index contributed by atoms with van der Waals surface area (Å²) in [7, 11) is 4.16. The van der Waals surface area contributed by atoms with Gasteiger partial charge < -0.3 is 15.1 Å². The predicted octanol–water partition coefficient (Wildman–Crippen LogP) is 6.50. The number of unbranched alkanes of at least 4 members (excludes halogenated alkanes) is 2. The van der Waals surface area contributed by atoms with Crippen LogP contribution in [0.4, 0.5) is 5.95 Å². The molecule has 0 aliphatic carbocycles. The Bertz CT molecular complexity index is 1250. The van der Waals surface area contributed by atoms with Gasteiger partial charge in [-0.1, -0.05) is 81.0 Å². The van der Waals surface area contributed by atoms with E-state index in [2.05, 4.69) is 122 Å². The highest BCUT2D eigenvalue weighted by Gasteiger charge is 2.26. The third-order valence-corrected chi connectivity index (χ3v) is 6.57. The van der Waals surface area contributed by atoms with Gasteiger partial charge in [-0.15, -0.1) is 0 Å². The number of imidazole rings is 1. The number of hydrogen-bond acceptors (Lipinski definition) is 4. The zero-order chi connectivity index (χ0) is 25.7. The molecule has 0 bridgehead atoms. The molecule has 1 N–H and O–H groups in total. The Hall–Kier alpha value is -3.57. The number of benzene rings is 2. The minimum atomic E-state index is 0.859. The Morgan fingerprint density at radius 2 is 1.83 bits per heavy atom. The van der Waals surface area contributed by atoms with Gasteiger partial charge in [0.15, 0.2) is 0 Å². The number of aryl methyl sites for hydroxylation is 1. The molecule has 36 heavy (non-hydrogen) atoms. The van der Waals surface area contributed by atoms with Crippen molar-refractivity contribution in [2.75, 3.05) is 38.6 Å². The average molecular weight is 482 g/mol. The number of rotatable bonds is 11. The maximum absolute atomic E-state index is 5.10. The van der Waals surface area contributed by atoms with Crippen LogP contribution in [0.5, 0.6) is 0 Å². The first-order chi connectivity index (χ1) is 17.4. The molecule has 2 heterocycles. The van der Waals surface area contributed by atoms with Crippen molar-refractivity contribution in [3.8, 4) is 11.3 Å². The number of nitrogens with zero attached hydrogens (tertiary/aromatic N) is 4. The van der Waals surface area contributed by atoms with Crippen LogP contribution < -0.4 is 10.2 Å². The molecule has 1 aliphatic heterocycles. The van der Waals surface area contributed by atoms with Gasteiger partial charge in [-0.25, -0.2) is 4.98 Å². The zero-order valence-corrected chi connectivity index (χ0v) is 22.2. The Labute approximate surface area is 216 Å². The third kappa shape index (κ3) is 5.80. The molecule has 3 aromatic rings. The lowest BCUT2D eigenvalue weighted by atomic mass is 10.0. The fraction of sp³-hybridized carbons (Fsp3) is 0.323. The first-order valence-corrected chi connectivity index (χ1v) is 12.9. The molecule has 0 atom stereocenters. The molecule has 188 valence electrons. The number of allylic oxidation sites excluding steroid dienone is 2. The van der Waals surface area contributed by atoms with Gasteiger partial charge in [-0.3, -0.25) is 4.57 Å². The molecule has 0 amide bonds. The average Bonchev–Trinajstić information content (AvgIpc) is 3.32. The van der Waals surface area contributed by atoms with Gasteiger partial charge >= 0.3 is 0 Å². The van der Waals surface area contributed by atoms with Crippen LogP contribution >= 0.6 is 0 Å². The second-order valence-electron chi connectivity index (χ2n) is 9.83. The summed E-state index contributed by atoms with van der Waals surface area (Å²) in [5.74, 6) is 0.928. The minimum absolute atomic E-state index is 0.859. The van der Waals surface area contributed by atoms with E-state index in [-0.39, 0.29) is 0 Å². The van der Waals surface area contributed by atoms with Crippen molar-refractivity contribution in [2.45, 2.75) is 33.1 Å². The summed E-state index contributed by atoms with van der Waals surface area (Å²) in [4.78, 5) is 9.62. The smallest absolute Gasteiger partial charge is 0.215 e. The van der Waals surface area contributed by atoms with Crippen molar-refractivity contribution < 1.29 is 0 Å². The van der Waals surface area contributed by atoms with Crippen LogP contribution in [0, 0.1) is 6.92 Å². The molecule has 4 rings (SSSR count).